The van der Waals surface area contributed by atoms with Gasteiger partial charge in [-0.15, -0.1) is 0 Å². The molecule has 1 aromatic rings. The number of rotatable bonds is 9. The molecule has 0 atom stereocenters. The second kappa shape index (κ2) is 11.4. The fourth-order valence-corrected chi connectivity index (χ4v) is 3.42. The zero-order chi connectivity index (χ0) is 25.5. The zero-order valence-corrected chi connectivity index (χ0v) is 21.1. The van der Waals surface area contributed by atoms with Crippen LogP contribution in [0.4, 0.5) is 9.59 Å². The fourth-order valence-electron chi connectivity index (χ4n) is 3.42. The number of carbonyl (C=O) groups excluding carboxylic acids is 4. The Hall–Kier alpha value is -3.10. The van der Waals surface area contributed by atoms with Crippen molar-refractivity contribution in [3.8, 4) is 0 Å². The summed E-state index contributed by atoms with van der Waals surface area (Å²) in [5.74, 6) is -0.615. The molecule has 4 amide bonds. The molecule has 1 aliphatic rings. The van der Waals surface area contributed by atoms with Gasteiger partial charge in [-0.3, -0.25) is 14.5 Å². The fraction of sp³-hybridized carbons (Fsp3) is 0.600. The quantitative estimate of drug-likeness (QED) is 0.325. The van der Waals surface area contributed by atoms with Crippen LogP contribution in [-0.4, -0.2) is 71.2 Å². The first-order valence-electron chi connectivity index (χ1n) is 11.7. The highest BCUT2D eigenvalue weighted by Gasteiger charge is 2.34. The van der Waals surface area contributed by atoms with Crippen LogP contribution in [0.15, 0.2) is 24.3 Å². The average molecular weight is 477 g/mol. The second-order valence-corrected chi connectivity index (χ2v) is 10.3. The number of hydrogen-bond donors (Lipinski definition) is 1. The van der Waals surface area contributed by atoms with Crippen molar-refractivity contribution in [2.75, 3.05) is 26.2 Å². The highest BCUT2D eigenvalue weighted by molar-refractivity contribution is 6.21. The molecule has 1 N–H and O–H groups in total. The minimum Gasteiger partial charge on any atom is -0.444 e. The lowest BCUT2D eigenvalue weighted by atomic mass is 10.1. The predicted octanol–water partition coefficient (Wildman–Crippen LogP) is 4.21. The van der Waals surface area contributed by atoms with Crippen molar-refractivity contribution in [2.24, 2.45) is 0 Å². The Balaban J connectivity index is 1.85. The van der Waals surface area contributed by atoms with E-state index >= 15 is 0 Å². The zero-order valence-electron chi connectivity index (χ0n) is 21.1. The normalized spacial score (nSPS) is 13.5. The van der Waals surface area contributed by atoms with Crippen LogP contribution in [-0.2, 0) is 9.47 Å². The summed E-state index contributed by atoms with van der Waals surface area (Å²) in [5, 5.41) is 2.70. The summed E-state index contributed by atoms with van der Waals surface area (Å²) in [6, 6.07) is 6.76. The third-order valence-corrected chi connectivity index (χ3v) is 4.86. The Morgan fingerprint density at radius 2 is 1.38 bits per heavy atom. The van der Waals surface area contributed by atoms with Crippen LogP contribution in [0.1, 0.15) is 81.5 Å². The topological polar surface area (TPSA) is 105 Å². The molecule has 1 aromatic carbocycles. The van der Waals surface area contributed by atoms with Gasteiger partial charge in [-0.25, -0.2) is 9.59 Å². The molecule has 0 radical (unpaired) electrons. The Kier molecular flexibility index (Phi) is 9.06. The molecule has 1 aliphatic heterocycles. The number of alkyl carbamates (subject to hydrolysis) is 1. The maximum absolute atomic E-state index is 12.7. The van der Waals surface area contributed by atoms with Gasteiger partial charge in [0.05, 0.1) is 11.1 Å². The molecule has 9 nitrogen and oxygen atoms in total. The molecular weight excluding hydrogens is 439 g/mol. The van der Waals surface area contributed by atoms with E-state index in [0.717, 1.165) is 0 Å². The van der Waals surface area contributed by atoms with Crippen molar-refractivity contribution in [1.29, 1.82) is 0 Å². The van der Waals surface area contributed by atoms with Crippen LogP contribution in [0.5, 0.6) is 0 Å². The molecule has 34 heavy (non-hydrogen) atoms. The van der Waals surface area contributed by atoms with Crippen molar-refractivity contribution < 1.29 is 28.7 Å². The first-order chi connectivity index (χ1) is 15.8. The van der Waals surface area contributed by atoms with E-state index in [9.17, 15) is 19.2 Å². The van der Waals surface area contributed by atoms with E-state index in [-0.39, 0.29) is 18.4 Å². The van der Waals surface area contributed by atoms with Crippen LogP contribution < -0.4 is 5.32 Å². The summed E-state index contributed by atoms with van der Waals surface area (Å²) in [5.41, 5.74) is -0.379. The van der Waals surface area contributed by atoms with Gasteiger partial charge >= 0.3 is 12.2 Å². The monoisotopic (exact) mass is 476 g/mol. The van der Waals surface area contributed by atoms with Gasteiger partial charge in [0.25, 0.3) is 11.8 Å². The van der Waals surface area contributed by atoms with E-state index in [1.54, 1.807) is 70.7 Å². The molecule has 0 aliphatic carbocycles. The van der Waals surface area contributed by atoms with E-state index in [1.165, 1.54) is 4.90 Å². The number of nitrogens with one attached hydrogen (secondary N) is 1. The van der Waals surface area contributed by atoms with Gasteiger partial charge in [0.2, 0.25) is 0 Å². The van der Waals surface area contributed by atoms with Gasteiger partial charge in [0.15, 0.2) is 0 Å². The van der Waals surface area contributed by atoms with Gasteiger partial charge in [0, 0.05) is 26.2 Å². The molecular formula is C25H37N3O6. The molecule has 0 bridgehead atoms. The van der Waals surface area contributed by atoms with Crippen LogP contribution >= 0.6 is 0 Å². The number of nitrogens with zero attached hydrogens (tertiary/aromatic N) is 2. The Bertz CT molecular complexity index is 866. The standard InChI is InChI=1S/C25H37N3O6/c1-24(2,3)33-22(31)26-14-9-10-15-27(23(32)34-25(4,5)6)16-11-17-28-20(29)18-12-7-8-13-19(18)21(28)30/h7-8,12-13H,9-11,14-17H2,1-6H3,(H,26,31)/i28+1. The number of imide groups is 1. The number of ether oxygens (including phenoxy) is 2. The molecule has 0 saturated heterocycles. The highest BCUT2D eigenvalue weighted by Crippen LogP contribution is 2.22. The Morgan fingerprint density at radius 1 is 0.853 bits per heavy atom. The van der Waals surface area contributed by atoms with E-state index in [4.69, 9.17) is 9.47 Å². The van der Waals surface area contributed by atoms with Crippen LogP contribution in [0.3, 0.4) is 0 Å². The summed E-state index contributed by atoms with van der Waals surface area (Å²) in [4.78, 5) is 52.3. The van der Waals surface area contributed by atoms with Crippen LogP contribution in [0, 0.1) is 0 Å². The SMILES string of the molecule is CC(C)(C)OC(=O)NCCCCN(CCC[15N]1C(=O)c2ccccc2C1=O)C(=O)OC(C)(C)C. The van der Waals surface area contributed by atoms with Crippen molar-refractivity contribution in [1.82, 2.24) is 15.1 Å². The number of hydrogen-bond acceptors (Lipinski definition) is 6. The number of amides is 4. The van der Waals surface area contributed by atoms with E-state index < -0.39 is 23.4 Å². The largest absolute Gasteiger partial charge is 0.444 e. The smallest absolute Gasteiger partial charge is 0.410 e. The maximum Gasteiger partial charge on any atom is 0.410 e. The van der Waals surface area contributed by atoms with Crippen molar-refractivity contribution in [3.05, 3.63) is 35.4 Å². The maximum atomic E-state index is 12.7. The van der Waals surface area contributed by atoms with Crippen molar-refractivity contribution in [3.63, 3.8) is 0 Å². The molecule has 2 rings (SSSR count). The molecule has 0 saturated carbocycles. The van der Waals surface area contributed by atoms with Crippen LogP contribution in [0.25, 0.3) is 0 Å². The van der Waals surface area contributed by atoms with Crippen molar-refractivity contribution in [2.45, 2.75) is 72.0 Å². The lowest BCUT2D eigenvalue weighted by Gasteiger charge is -2.28. The summed E-state index contributed by atoms with van der Waals surface area (Å²) < 4.78 is 10.7. The van der Waals surface area contributed by atoms with Crippen molar-refractivity contribution >= 4 is 24.0 Å². The molecule has 0 aromatic heterocycles. The molecule has 0 spiro atoms. The highest BCUT2D eigenvalue weighted by atomic mass is 16.6. The van der Waals surface area contributed by atoms with E-state index in [2.05, 4.69) is 5.32 Å². The van der Waals surface area contributed by atoms with Gasteiger partial charge in [-0.05, 0) is 72.9 Å². The minimum atomic E-state index is -0.643. The summed E-state index contributed by atoms with van der Waals surface area (Å²) in [6.07, 6.45) is 0.798. The lowest BCUT2D eigenvalue weighted by Crippen LogP contribution is -2.40. The predicted molar refractivity (Wildman–Crippen MR) is 128 cm³/mol. The Labute approximate surface area is 201 Å². The third kappa shape index (κ3) is 8.35. The van der Waals surface area contributed by atoms with Crippen LogP contribution in [0.2, 0.25) is 0 Å². The number of carbonyl (C=O) groups is 4. The van der Waals surface area contributed by atoms with Gasteiger partial charge < -0.3 is 19.7 Å². The summed E-state index contributed by atoms with van der Waals surface area (Å²) in [6.45, 7) is 12.2. The molecule has 1 heterocycles. The molecule has 9 heteroatoms. The first kappa shape index (κ1) is 27.1. The average Bonchev–Trinajstić information content (AvgIpc) is 2.94. The number of unbranched alkanes of at least 4 members (excludes halogenated alkanes) is 1. The molecule has 188 valence electrons. The number of benzene rings is 1. The van der Waals surface area contributed by atoms with E-state index in [0.29, 0.717) is 50.0 Å². The third-order valence-electron chi connectivity index (χ3n) is 4.86. The minimum absolute atomic E-state index is 0.214. The van der Waals surface area contributed by atoms with E-state index in [1.807, 2.05) is 0 Å². The lowest BCUT2D eigenvalue weighted by molar-refractivity contribution is 0.0240. The van der Waals surface area contributed by atoms with Gasteiger partial charge in [-0.2, -0.15) is 0 Å². The molecule has 0 fully saturated rings. The summed E-state index contributed by atoms with van der Waals surface area (Å²) >= 11 is 0. The number of fused-ring (bicyclic) bond motifs is 1. The Morgan fingerprint density at radius 3 is 1.91 bits per heavy atom. The van der Waals surface area contributed by atoms with Gasteiger partial charge in [-0.1, -0.05) is 12.1 Å². The van der Waals surface area contributed by atoms with Gasteiger partial charge in [0.1, 0.15) is 11.2 Å². The first-order valence-corrected chi connectivity index (χ1v) is 11.7. The second-order valence-electron chi connectivity index (χ2n) is 10.3. The molecule has 0 unspecified atom stereocenters. The summed E-state index contributed by atoms with van der Waals surface area (Å²) in [7, 11) is 0.